The fourth-order valence-corrected chi connectivity index (χ4v) is 0.425. The minimum Gasteiger partial charge on any atom is -0.299 e. The molecule has 5 heteroatoms. The second kappa shape index (κ2) is 2.58. The third-order valence-electron chi connectivity index (χ3n) is 0.347. The number of hydrogen-bond acceptors (Lipinski definition) is 3. The van der Waals surface area contributed by atoms with E-state index in [1.54, 1.807) is 0 Å². The van der Waals surface area contributed by atoms with Crippen LogP contribution in [0.4, 0.5) is 0 Å². The van der Waals surface area contributed by atoms with E-state index in [1.165, 1.54) is 0 Å². The Labute approximate surface area is 47.0 Å². The van der Waals surface area contributed by atoms with Crippen LogP contribution in [0.5, 0.6) is 0 Å². The molecular weight excluding hydrogens is 130 g/mol. The van der Waals surface area contributed by atoms with Crippen molar-refractivity contribution in [3.05, 3.63) is 11.5 Å². The molecule has 0 aliphatic carbocycles. The van der Waals surface area contributed by atoms with E-state index in [1.807, 2.05) is 0 Å². The highest BCUT2D eigenvalue weighted by Crippen LogP contribution is 1.75. The Kier molecular flexibility index (Phi) is 2.36. The topological polar surface area (TPSA) is 77.2 Å². The average molecular weight is 135 g/mol. The van der Waals surface area contributed by atoms with Crippen molar-refractivity contribution in [2.45, 2.75) is 0 Å². The van der Waals surface area contributed by atoms with Crippen LogP contribution in [0.1, 0.15) is 0 Å². The fourth-order valence-electron chi connectivity index (χ4n) is 0.142. The van der Waals surface area contributed by atoms with Crippen molar-refractivity contribution in [2.24, 2.45) is 5.14 Å². The van der Waals surface area contributed by atoms with Gasteiger partial charge in [0.25, 0.3) is 0 Å². The first-order valence-corrected chi connectivity index (χ1v) is 3.32. The van der Waals surface area contributed by atoms with E-state index < -0.39 is 10.0 Å². The second-order valence-electron chi connectivity index (χ2n) is 1.05. The number of nitrogens with two attached hydrogens (primary N) is 1. The first kappa shape index (κ1) is 7.32. The number of primary sulfonamides is 1. The smallest absolute Gasteiger partial charge is 0.231 e. The molecule has 0 saturated heterocycles. The minimum absolute atomic E-state index is 0.338. The summed E-state index contributed by atoms with van der Waals surface area (Å²) in [7, 11) is -3.60. The first-order chi connectivity index (χ1) is 3.56. The van der Waals surface area contributed by atoms with Crippen LogP contribution >= 0.6 is 0 Å². The number of aldehydes is 1. The van der Waals surface area contributed by atoms with Gasteiger partial charge in [-0.25, -0.2) is 13.6 Å². The third-order valence-corrected chi connectivity index (χ3v) is 0.883. The molecule has 0 rings (SSSR count). The Morgan fingerprint density at radius 3 is 2.00 bits per heavy atom. The zero-order valence-corrected chi connectivity index (χ0v) is 4.76. The van der Waals surface area contributed by atoms with Crippen LogP contribution in [0, 0.1) is 0 Å². The number of hydrogen-bond donors (Lipinski definition) is 1. The lowest BCUT2D eigenvalue weighted by Crippen LogP contribution is -2.06. The van der Waals surface area contributed by atoms with Crippen molar-refractivity contribution in [3.8, 4) is 0 Å². The standard InChI is InChI=1S/C3H5NO3S/c4-8(6,7)3-1-2-5/h1-3H,(H2,4,6,7). The maximum atomic E-state index is 9.92. The zero-order chi connectivity index (χ0) is 6.62. The summed E-state index contributed by atoms with van der Waals surface area (Å²) in [5.74, 6) is 0. The molecule has 8 heavy (non-hydrogen) atoms. The van der Waals surface area contributed by atoms with Gasteiger partial charge in [-0.3, -0.25) is 4.79 Å². The Hall–Kier alpha value is -0.680. The van der Waals surface area contributed by atoms with Gasteiger partial charge < -0.3 is 0 Å². The quantitative estimate of drug-likeness (QED) is 0.389. The van der Waals surface area contributed by atoms with Crippen molar-refractivity contribution < 1.29 is 13.2 Å². The highest BCUT2D eigenvalue weighted by molar-refractivity contribution is 7.92. The van der Waals surface area contributed by atoms with Crippen molar-refractivity contribution in [2.75, 3.05) is 0 Å². The lowest BCUT2D eigenvalue weighted by atomic mass is 10.7. The highest BCUT2D eigenvalue weighted by atomic mass is 32.2. The van der Waals surface area contributed by atoms with Gasteiger partial charge in [0.1, 0.15) is 6.29 Å². The molecule has 0 heterocycles. The molecule has 46 valence electrons. The summed E-state index contributed by atoms with van der Waals surface area (Å²) in [5, 5.41) is 5.07. The molecule has 0 atom stereocenters. The summed E-state index contributed by atoms with van der Waals surface area (Å²) in [4.78, 5) is 9.44. The summed E-state index contributed by atoms with van der Waals surface area (Å²) in [6, 6.07) is 0. The van der Waals surface area contributed by atoms with Crippen molar-refractivity contribution >= 4 is 16.3 Å². The monoisotopic (exact) mass is 135 g/mol. The van der Waals surface area contributed by atoms with Gasteiger partial charge >= 0.3 is 0 Å². The van der Waals surface area contributed by atoms with Gasteiger partial charge in [-0.2, -0.15) is 0 Å². The lowest BCUT2D eigenvalue weighted by molar-refractivity contribution is -0.104. The first-order valence-electron chi connectivity index (χ1n) is 1.71. The summed E-state index contributed by atoms with van der Waals surface area (Å²) in [6.45, 7) is 0. The molecule has 0 spiro atoms. The molecule has 0 aliphatic heterocycles. The summed E-state index contributed by atoms with van der Waals surface area (Å²) < 4.78 is 19.8. The van der Waals surface area contributed by atoms with E-state index >= 15 is 0 Å². The van der Waals surface area contributed by atoms with E-state index in [-0.39, 0.29) is 0 Å². The van der Waals surface area contributed by atoms with Crippen LogP contribution < -0.4 is 5.14 Å². The third kappa shape index (κ3) is 5.32. The van der Waals surface area contributed by atoms with Crippen LogP contribution in [0.3, 0.4) is 0 Å². The fraction of sp³-hybridized carbons (Fsp3) is 0. The lowest BCUT2D eigenvalue weighted by Gasteiger charge is -1.77. The molecular formula is C3H5NO3S. The summed E-state index contributed by atoms with van der Waals surface area (Å²) >= 11 is 0. The minimum atomic E-state index is -3.60. The van der Waals surface area contributed by atoms with Crippen LogP contribution in [0.25, 0.3) is 0 Å². The number of carbonyl (C=O) groups excluding carboxylic acids is 1. The maximum Gasteiger partial charge on any atom is 0.231 e. The second-order valence-corrected chi connectivity index (χ2v) is 2.50. The van der Waals surface area contributed by atoms with Gasteiger partial charge in [0.2, 0.25) is 10.0 Å². The van der Waals surface area contributed by atoms with Crippen LogP contribution in [-0.4, -0.2) is 14.7 Å². The molecule has 0 aliphatic rings. The predicted octanol–water partition coefficient (Wildman–Crippen LogP) is -1.01. The predicted molar refractivity (Wildman–Crippen MR) is 28.3 cm³/mol. The normalized spacial score (nSPS) is 12.1. The molecule has 2 N–H and O–H groups in total. The Morgan fingerprint density at radius 2 is 1.88 bits per heavy atom. The van der Waals surface area contributed by atoms with Gasteiger partial charge in [-0.15, -0.1) is 0 Å². The number of rotatable bonds is 2. The molecule has 0 radical (unpaired) electrons. The maximum absolute atomic E-state index is 9.92. The van der Waals surface area contributed by atoms with Crippen molar-refractivity contribution in [1.29, 1.82) is 0 Å². The SMILES string of the molecule is NS(=O)(=O)C=CC=O. The number of carbonyl (C=O) groups is 1. The van der Waals surface area contributed by atoms with E-state index in [2.05, 4.69) is 5.14 Å². The highest BCUT2D eigenvalue weighted by Gasteiger charge is 1.89. The van der Waals surface area contributed by atoms with Gasteiger partial charge in [-0.05, 0) is 6.08 Å². The van der Waals surface area contributed by atoms with Gasteiger partial charge in [0.05, 0.1) is 0 Å². The zero-order valence-electron chi connectivity index (χ0n) is 3.94. The average Bonchev–Trinajstić information content (AvgIpc) is 1.59. The summed E-state index contributed by atoms with van der Waals surface area (Å²) in [5.41, 5.74) is 0. The van der Waals surface area contributed by atoms with Crippen molar-refractivity contribution in [3.63, 3.8) is 0 Å². The molecule has 0 amide bonds. The molecule has 0 bridgehead atoms. The van der Waals surface area contributed by atoms with E-state index in [4.69, 9.17) is 0 Å². The summed E-state index contributed by atoms with van der Waals surface area (Å²) in [6.07, 6.45) is 1.15. The molecule has 0 unspecified atom stereocenters. The number of allylic oxidation sites excluding steroid dienone is 1. The van der Waals surface area contributed by atoms with Gasteiger partial charge in [0.15, 0.2) is 0 Å². The van der Waals surface area contributed by atoms with Gasteiger partial charge in [0, 0.05) is 5.41 Å². The van der Waals surface area contributed by atoms with E-state index in [9.17, 15) is 13.2 Å². The molecule has 0 aromatic rings. The Bertz CT molecular complexity index is 191. The Balaban J connectivity index is 4.12. The van der Waals surface area contributed by atoms with E-state index in [0.29, 0.717) is 11.7 Å². The molecule has 0 saturated carbocycles. The molecule has 0 aromatic heterocycles. The molecule has 4 nitrogen and oxygen atoms in total. The van der Waals surface area contributed by atoms with Crippen LogP contribution in [0.15, 0.2) is 11.5 Å². The van der Waals surface area contributed by atoms with Crippen LogP contribution in [0.2, 0.25) is 0 Å². The largest absolute Gasteiger partial charge is 0.299 e. The van der Waals surface area contributed by atoms with Crippen molar-refractivity contribution in [1.82, 2.24) is 0 Å². The van der Waals surface area contributed by atoms with Gasteiger partial charge in [-0.1, -0.05) is 0 Å². The van der Waals surface area contributed by atoms with E-state index in [0.717, 1.165) is 6.08 Å². The molecule has 0 aromatic carbocycles. The Morgan fingerprint density at radius 1 is 1.38 bits per heavy atom. The number of sulfonamides is 1. The van der Waals surface area contributed by atoms with Crippen LogP contribution in [-0.2, 0) is 14.8 Å². The molecule has 0 fully saturated rings.